The summed E-state index contributed by atoms with van der Waals surface area (Å²) >= 11 is 6.91. The fourth-order valence-electron chi connectivity index (χ4n) is 3.11. The number of carbonyl (C=O) groups is 1. The van der Waals surface area contributed by atoms with Gasteiger partial charge in [0, 0.05) is 12.2 Å². The van der Waals surface area contributed by atoms with Crippen LogP contribution in [0.15, 0.2) is 34.5 Å². The van der Waals surface area contributed by atoms with Crippen LogP contribution in [-0.4, -0.2) is 31.2 Å². The molecule has 1 saturated heterocycles. The molecule has 5 nitrogen and oxygen atoms in total. The molecular formula is C18H21ClN2O3S2. The summed E-state index contributed by atoms with van der Waals surface area (Å²) in [5.74, 6) is -0.287. The van der Waals surface area contributed by atoms with Crippen LogP contribution in [0.4, 0.5) is 5.69 Å². The highest BCUT2D eigenvalue weighted by Gasteiger charge is 2.38. The Kier molecular flexibility index (Phi) is 5.72. The van der Waals surface area contributed by atoms with Gasteiger partial charge in [0.25, 0.3) is 10.0 Å². The van der Waals surface area contributed by atoms with Gasteiger partial charge in [0.15, 0.2) is 0 Å². The highest BCUT2D eigenvalue weighted by atomic mass is 35.5. The van der Waals surface area contributed by atoms with Crippen LogP contribution in [0.2, 0.25) is 4.34 Å². The van der Waals surface area contributed by atoms with E-state index in [0.29, 0.717) is 17.3 Å². The van der Waals surface area contributed by atoms with Crippen molar-refractivity contribution in [1.82, 2.24) is 4.31 Å². The Labute approximate surface area is 163 Å². The average Bonchev–Trinajstić information content (AvgIpc) is 3.06. The molecule has 1 N–H and O–H groups in total. The van der Waals surface area contributed by atoms with Gasteiger partial charge in [-0.2, -0.15) is 4.31 Å². The van der Waals surface area contributed by atoms with Crippen LogP contribution in [-0.2, 0) is 14.8 Å². The van der Waals surface area contributed by atoms with Gasteiger partial charge in [-0.05, 0) is 56.0 Å². The van der Waals surface area contributed by atoms with Crippen molar-refractivity contribution in [2.45, 2.75) is 43.4 Å². The Balaban J connectivity index is 1.87. The van der Waals surface area contributed by atoms with Crippen molar-refractivity contribution < 1.29 is 13.2 Å². The maximum Gasteiger partial charge on any atom is 0.253 e. The molecule has 1 aliphatic heterocycles. The summed E-state index contributed by atoms with van der Waals surface area (Å²) < 4.78 is 27.9. The number of anilines is 1. The molecule has 2 heterocycles. The molecule has 1 unspecified atom stereocenters. The number of piperidine rings is 1. The first-order valence-corrected chi connectivity index (χ1v) is 11.1. The molecule has 3 rings (SSSR count). The van der Waals surface area contributed by atoms with E-state index in [4.69, 9.17) is 11.6 Å². The predicted octanol–water partition coefficient (Wildman–Crippen LogP) is 4.20. The molecule has 1 aliphatic rings. The van der Waals surface area contributed by atoms with Crippen molar-refractivity contribution >= 4 is 44.6 Å². The lowest BCUT2D eigenvalue weighted by Gasteiger charge is -2.33. The van der Waals surface area contributed by atoms with Crippen molar-refractivity contribution in [2.24, 2.45) is 0 Å². The second-order valence-electron chi connectivity index (χ2n) is 6.42. The van der Waals surface area contributed by atoms with Gasteiger partial charge in [0.05, 0.1) is 4.34 Å². The largest absolute Gasteiger partial charge is 0.324 e. The van der Waals surface area contributed by atoms with Gasteiger partial charge < -0.3 is 5.32 Å². The van der Waals surface area contributed by atoms with E-state index in [1.54, 1.807) is 6.07 Å². The number of nitrogens with one attached hydrogen (secondary N) is 1. The van der Waals surface area contributed by atoms with E-state index in [2.05, 4.69) is 5.32 Å². The average molecular weight is 413 g/mol. The normalized spacial score (nSPS) is 18.7. The summed E-state index contributed by atoms with van der Waals surface area (Å²) in [6.45, 7) is 4.25. The topological polar surface area (TPSA) is 66.5 Å². The highest BCUT2D eigenvalue weighted by Crippen LogP contribution is 2.32. The number of sulfonamides is 1. The van der Waals surface area contributed by atoms with Crippen molar-refractivity contribution in [3.8, 4) is 0 Å². The Morgan fingerprint density at radius 3 is 2.69 bits per heavy atom. The summed E-state index contributed by atoms with van der Waals surface area (Å²) in [5, 5.41) is 2.91. The number of rotatable bonds is 4. The third-order valence-electron chi connectivity index (χ3n) is 4.73. The molecule has 0 radical (unpaired) electrons. The summed E-state index contributed by atoms with van der Waals surface area (Å²) in [5.41, 5.74) is 2.78. The molecule has 1 aromatic heterocycles. The SMILES string of the molecule is Cc1cccc(NC(=O)C2CCCCN2S(=O)(=O)c2ccc(Cl)s2)c1C. The zero-order chi connectivity index (χ0) is 18.9. The van der Waals surface area contributed by atoms with E-state index in [1.807, 2.05) is 32.0 Å². The van der Waals surface area contributed by atoms with E-state index in [1.165, 1.54) is 10.4 Å². The van der Waals surface area contributed by atoms with Crippen molar-refractivity contribution in [2.75, 3.05) is 11.9 Å². The van der Waals surface area contributed by atoms with E-state index in [0.717, 1.165) is 41.0 Å². The smallest absolute Gasteiger partial charge is 0.253 e. The number of halogens is 1. The fraction of sp³-hybridized carbons (Fsp3) is 0.389. The molecule has 1 fully saturated rings. The van der Waals surface area contributed by atoms with Crippen LogP contribution in [0.5, 0.6) is 0 Å². The Bertz CT molecular complexity index is 924. The van der Waals surface area contributed by atoms with Gasteiger partial charge in [-0.25, -0.2) is 8.42 Å². The molecule has 1 aromatic carbocycles. The minimum absolute atomic E-state index is 0.175. The van der Waals surface area contributed by atoms with Gasteiger partial charge in [-0.3, -0.25) is 4.79 Å². The van der Waals surface area contributed by atoms with E-state index in [9.17, 15) is 13.2 Å². The second kappa shape index (κ2) is 7.68. The fourth-order valence-corrected chi connectivity index (χ4v) is 6.38. The Hall–Kier alpha value is -1.41. The van der Waals surface area contributed by atoms with Crippen LogP contribution in [0.1, 0.15) is 30.4 Å². The number of thiophene rings is 1. The third kappa shape index (κ3) is 3.81. The number of amides is 1. The molecule has 0 spiro atoms. The zero-order valence-corrected chi connectivity index (χ0v) is 17.0. The van der Waals surface area contributed by atoms with Gasteiger partial charge >= 0.3 is 0 Å². The number of nitrogens with zero attached hydrogens (tertiary/aromatic N) is 1. The van der Waals surface area contributed by atoms with Crippen molar-refractivity contribution in [3.05, 3.63) is 45.8 Å². The number of carbonyl (C=O) groups excluding carboxylic acids is 1. The highest BCUT2D eigenvalue weighted by molar-refractivity contribution is 7.91. The molecule has 1 amide bonds. The lowest BCUT2D eigenvalue weighted by molar-refractivity contribution is -0.120. The van der Waals surface area contributed by atoms with E-state index < -0.39 is 16.1 Å². The summed E-state index contributed by atoms with van der Waals surface area (Å²) in [7, 11) is -3.74. The first kappa shape index (κ1) is 19.4. The quantitative estimate of drug-likeness (QED) is 0.818. The van der Waals surface area contributed by atoms with Crippen LogP contribution < -0.4 is 5.32 Å². The maximum absolute atomic E-state index is 13.0. The predicted molar refractivity (Wildman–Crippen MR) is 105 cm³/mol. The molecule has 140 valence electrons. The number of aryl methyl sites for hydroxylation is 1. The molecular weight excluding hydrogens is 392 g/mol. The molecule has 26 heavy (non-hydrogen) atoms. The minimum atomic E-state index is -3.74. The molecule has 0 bridgehead atoms. The lowest BCUT2D eigenvalue weighted by Crippen LogP contribution is -2.49. The van der Waals surface area contributed by atoms with Crippen molar-refractivity contribution in [3.63, 3.8) is 0 Å². The molecule has 0 aliphatic carbocycles. The molecule has 0 saturated carbocycles. The maximum atomic E-state index is 13.0. The summed E-state index contributed by atoms with van der Waals surface area (Å²) in [6, 6.07) is 8.03. The Morgan fingerprint density at radius 2 is 2.00 bits per heavy atom. The van der Waals surface area contributed by atoms with Crippen LogP contribution >= 0.6 is 22.9 Å². The van der Waals surface area contributed by atoms with Crippen LogP contribution in [0.25, 0.3) is 0 Å². The monoisotopic (exact) mass is 412 g/mol. The first-order valence-electron chi connectivity index (χ1n) is 8.45. The van der Waals surface area contributed by atoms with Gasteiger partial charge in [0.2, 0.25) is 5.91 Å². The van der Waals surface area contributed by atoms with Gasteiger partial charge in [0.1, 0.15) is 10.3 Å². The molecule has 1 atom stereocenters. The molecule has 8 heteroatoms. The van der Waals surface area contributed by atoms with E-state index in [-0.39, 0.29) is 10.1 Å². The minimum Gasteiger partial charge on any atom is -0.324 e. The summed E-state index contributed by atoms with van der Waals surface area (Å²) in [6.07, 6.45) is 2.07. The number of hydrogen-bond acceptors (Lipinski definition) is 4. The Morgan fingerprint density at radius 1 is 1.23 bits per heavy atom. The number of benzene rings is 1. The zero-order valence-electron chi connectivity index (χ0n) is 14.7. The number of hydrogen-bond donors (Lipinski definition) is 1. The standard InChI is InChI=1S/C18H21ClN2O3S2/c1-12-6-5-7-14(13(12)2)20-18(22)15-8-3-4-11-21(15)26(23,24)17-10-9-16(19)25-17/h5-7,9-10,15H,3-4,8,11H2,1-2H3,(H,20,22). The summed E-state index contributed by atoms with van der Waals surface area (Å²) in [4.78, 5) is 12.9. The van der Waals surface area contributed by atoms with E-state index >= 15 is 0 Å². The third-order valence-corrected chi connectivity index (χ3v) is 8.34. The molecule has 2 aromatic rings. The lowest BCUT2D eigenvalue weighted by atomic mass is 10.0. The van der Waals surface area contributed by atoms with Crippen molar-refractivity contribution in [1.29, 1.82) is 0 Å². The van der Waals surface area contributed by atoms with Gasteiger partial charge in [-0.15, -0.1) is 11.3 Å². The van der Waals surface area contributed by atoms with Crippen LogP contribution in [0, 0.1) is 13.8 Å². The first-order chi connectivity index (χ1) is 12.3. The second-order valence-corrected chi connectivity index (χ2v) is 10.3. The van der Waals surface area contributed by atoms with Gasteiger partial charge in [-0.1, -0.05) is 30.2 Å². The van der Waals surface area contributed by atoms with Crippen LogP contribution in [0.3, 0.4) is 0 Å².